The monoisotopic (exact) mass is 406 g/mol. The molecule has 0 amide bonds. The Kier molecular flexibility index (Phi) is 7.79. The van der Waals surface area contributed by atoms with E-state index in [9.17, 15) is 49.1 Å². The van der Waals surface area contributed by atoms with Crippen molar-refractivity contribution >= 4 is 11.9 Å². The third kappa shape index (κ3) is 4.93. The molecule has 0 rings (SSSR count). The van der Waals surface area contributed by atoms with Gasteiger partial charge in [0.25, 0.3) is 0 Å². The fourth-order valence-electron chi connectivity index (χ4n) is 1.71. The number of rotatable bonds is 9. The summed E-state index contributed by atoms with van der Waals surface area (Å²) in [5.74, 6) is -24.8. The molecule has 0 atom stereocenters. The minimum Gasteiger partial charge on any atom is -0.465 e. The minimum absolute atomic E-state index is 0.340. The lowest BCUT2D eigenvalue weighted by Gasteiger charge is -2.34. The van der Waals surface area contributed by atoms with E-state index in [1.165, 1.54) is 13.8 Å². The van der Waals surface area contributed by atoms with Crippen LogP contribution in [0.4, 0.5) is 39.5 Å². The summed E-state index contributed by atoms with van der Waals surface area (Å²) >= 11 is 0. The van der Waals surface area contributed by atoms with E-state index in [2.05, 4.69) is 9.47 Å². The van der Waals surface area contributed by atoms with Gasteiger partial charge in [0.05, 0.1) is 13.2 Å². The average molecular weight is 406 g/mol. The molecule has 0 saturated carbocycles. The molecule has 0 radical (unpaired) electrons. The van der Waals surface area contributed by atoms with Crippen LogP contribution in [0.5, 0.6) is 0 Å². The lowest BCUT2D eigenvalue weighted by Crippen LogP contribution is -2.60. The van der Waals surface area contributed by atoms with Crippen LogP contribution < -0.4 is 0 Å². The first-order valence-electron chi connectivity index (χ1n) is 7.10. The second-order valence-electron chi connectivity index (χ2n) is 4.95. The number of esters is 2. The predicted octanol–water partition coefficient (Wildman–Crippen LogP) is 3.98. The molecule has 0 aliphatic rings. The van der Waals surface area contributed by atoms with Gasteiger partial charge in [0.15, 0.2) is 5.92 Å². The van der Waals surface area contributed by atoms with Crippen LogP contribution in [0.3, 0.4) is 0 Å². The van der Waals surface area contributed by atoms with Gasteiger partial charge in [0.1, 0.15) is 0 Å². The summed E-state index contributed by atoms with van der Waals surface area (Å²) in [6.45, 7) is 1.83. The Balaban J connectivity index is 5.49. The van der Waals surface area contributed by atoms with Crippen molar-refractivity contribution in [2.24, 2.45) is 5.92 Å². The molecule has 13 heteroatoms. The molecule has 0 spiro atoms. The van der Waals surface area contributed by atoms with Crippen molar-refractivity contribution in [1.82, 2.24) is 0 Å². The minimum atomic E-state index is -7.03. The highest BCUT2D eigenvalue weighted by molar-refractivity contribution is 5.94. The number of ether oxygens (including phenoxy) is 2. The van der Waals surface area contributed by atoms with Crippen molar-refractivity contribution in [2.75, 3.05) is 13.2 Å². The molecule has 0 aliphatic carbocycles. The number of alkyl halides is 9. The molecule has 0 saturated heterocycles. The van der Waals surface area contributed by atoms with E-state index >= 15 is 0 Å². The second kappa shape index (κ2) is 8.33. The SMILES string of the molecule is CCOC(=O)C(CCC(F)(F)C(F)(F)C(F)(F)C(F)(F)F)C(=O)OCC. The zero-order chi connectivity index (χ0) is 21.0. The van der Waals surface area contributed by atoms with Gasteiger partial charge in [-0.3, -0.25) is 9.59 Å². The van der Waals surface area contributed by atoms with E-state index < -0.39 is 54.6 Å². The van der Waals surface area contributed by atoms with Gasteiger partial charge in [-0.15, -0.1) is 0 Å². The van der Waals surface area contributed by atoms with E-state index in [4.69, 9.17) is 0 Å². The molecule has 0 unspecified atom stereocenters. The molecule has 4 nitrogen and oxygen atoms in total. The average Bonchev–Trinajstić information content (AvgIpc) is 2.46. The van der Waals surface area contributed by atoms with E-state index in [1.54, 1.807) is 0 Å². The molecule has 0 fully saturated rings. The van der Waals surface area contributed by atoms with Crippen LogP contribution in [0.15, 0.2) is 0 Å². The topological polar surface area (TPSA) is 52.6 Å². The summed E-state index contributed by atoms with van der Waals surface area (Å²) < 4.78 is 123. The zero-order valence-corrected chi connectivity index (χ0v) is 13.4. The smallest absolute Gasteiger partial charge is 0.460 e. The van der Waals surface area contributed by atoms with Crippen LogP contribution in [0.25, 0.3) is 0 Å². The van der Waals surface area contributed by atoms with Gasteiger partial charge in [-0.1, -0.05) is 0 Å². The van der Waals surface area contributed by atoms with Gasteiger partial charge < -0.3 is 9.47 Å². The summed E-state index contributed by atoms with van der Waals surface area (Å²) in [5, 5.41) is 0. The summed E-state index contributed by atoms with van der Waals surface area (Å²) in [4.78, 5) is 23.0. The normalized spacial score (nSPS) is 13.7. The van der Waals surface area contributed by atoms with Gasteiger partial charge in [-0.2, -0.15) is 39.5 Å². The van der Waals surface area contributed by atoms with Crippen molar-refractivity contribution in [3.63, 3.8) is 0 Å². The lowest BCUT2D eigenvalue weighted by molar-refractivity contribution is -0.396. The molecule has 0 bridgehead atoms. The van der Waals surface area contributed by atoms with Crippen LogP contribution in [0.1, 0.15) is 26.7 Å². The first kappa shape index (κ1) is 24.3. The molecular weight excluding hydrogens is 391 g/mol. The fourth-order valence-corrected chi connectivity index (χ4v) is 1.71. The Morgan fingerprint density at radius 2 is 1.15 bits per heavy atom. The Morgan fingerprint density at radius 3 is 1.46 bits per heavy atom. The van der Waals surface area contributed by atoms with Crippen molar-refractivity contribution in [3.8, 4) is 0 Å². The summed E-state index contributed by atoms with van der Waals surface area (Å²) in [7, 11) is 0. The van der Waals surface area contributed by atoms with E-state index in [0.29, 0.717) is 0 Å². The van der Waals surface area contributed by atoms with Crippen molar-refractivity contribution in [3.05, 3.63) is 0 Å². The van der Waals surface area contributed by atoms with Gasteiger partial charge in [-0.05, 0) is 20.3 Å². The Labute approximate surface area is 141 Å². The molecule has 0 aliphatic heterocycles. The Hall–Kier alpha value is -1.69. The number of carbonyl (C=O) groups is 2. The zero-order valence-electron chi connectivity index (χ0n) is 13.4. The highest BCUT2D eigenvalue weighted by atomic mass is 19.4. The van der Waals surface area contributed by atoms with Crippen LogP contribution in [-0.2, 0) is 19.1 Å². The molecule has 0 aromatic carbocycles. The number of hydrogen-bond donors (Lipinski definition) is 0. The maximum absolute atomic E-state index is 13.5. The third-order valence-corrected chi connectivity index (χ3v) is 3.10. The van der Waals surface area contributed by atoms with E-state index in [0.717, 1.165) is 0 Å². The van der Waals surface area contributed by atoms with E-state index in [1.807, 2.05) is 0 Å². The molecule has 0 N–H and O–H groups in total. The summed E-state index contributed by atoms with van der Waals surface area (Å²) in [5.41, 5.74) is 0. The summed E-state index contributed by atoms with van der Waals surface area (Å²) in [6.07, 6.45) is -10.8. The number of halogens is 9. The number of hydrogen-bond acceptors (Lipinski definition) is 4. The quantitative estimate of drug-likeness (QED) is 0.330. The molecule has 26 heavy (non-hydrogen) atoms. The predicted molar refractivity (Wildman–Crippen MR) is 66.9 cm³/mol. The standard InChI is InChI=1S/C13H15F9O4/c1-3-25-8(23)7(9(24)26-4-2)5-6-10(14,15)11(16,17)12(18,19)13(20,21)22/h7H,3-6H2,1-2H3. The van der Waals surface area contributed by atoms with Crippen LogP contribution in [-0.4, -0.2) is 49.1 Å². The van der Waals surface area contributed by atoms with Gasteiger partial charge >= 0.3 is 35.9 Å². The lowest BCUT2D eigenvalue weighted by atomic mass is 9.94. The maximum atomic E-state index is 13.5. The third-order valence-electron chi connectivity index (χ3n) is 3.10. The second-order valence-corrected chi connectivity index (χ2v) is 4.95. The van der Waals surface area contributed by atoms with E-state index in [-0.39, 0.29) is 13.2 Å². The Bertz CT molecular complexity index is 484. The fraction of sp³-hybridized carbons (Fsp3) is 0.846. The van der Waals surface area contributed by atoms with Gasteiger partial charge in [0.2, 0.25) is 0 Å². The first-order chi connectivity index (χ1) is 11.6. The first-order valence-corrected chi connectivity index (χ1v) is 7.10. The van der Waals surface area contributed by atoms with Crippen LogP contribution in [0, 0.1) is 5.92 Å². The van der Waals surface area contributed by atoms with Crippen molar-refractivity contribution in [1.29, 1.82) is 0 Å². The van der Waals surface area contributed by atoms with Crippen LogP contribution in [0.2, 0.25) is 0 Å². The van der Waals surface area contributed by atoms with Crippen molar-refractivity contribution < 1.29 is 58.6 Å². The molecular formula is C13H15F9O4. The van der Waals surface area contributed by atoms with Crippen LogP contribution >= 0.6 is 0 Å². The number of carbonyl (C=O) groups excluding carboxylic acids is 2. The molecule has 154 valence electrons. The highest BCUT2D eigenvalue weighted by Crippen LogP contribution is 2.54. The molecule has 0 aromatic rings. The largest absolute Gasteiger partial charge is 0.465 e. The van der Waals surface area contributed by atoms with Gasteiger partial charge in [-0.25, -0.2) is 0 Å². The van der Waals surface area contributed by atoms with Gasteiger partial charge in [0, 0.05) is 6.42 Å². The molecule has 0 aromatic heterocycles. The highest BCUT2D eigenvalue weighted by Gasteiger charge is 2.81. The molecule has 0 heterocycles. The van der Waals surface area contributed by atoms with Crippen molar-refractivity contribution in [2.45, 2.75) is 50.6 Å². The Morgan fingerprint density at radius 1 is 0.769 bits per heavy atom. The summed E-state index contributed by atoms with van der Waals surface area (Å²) in [6, 6.07) is 0. The maximum Gasteiger partial charge on any atom is 0.460 e.